The molecule has 0 aromatic heterocycles. The molecule has 0 fully saturated rings. The predicted molar refractivity (Wildman–Crippen MR) is 51.9 cm³/mol. The summed E-state index contributed by atoms with van der Waals surface area (Å²) in [5, 5.41) is 0. The Hall–Kier alpha value is -1.11. The third-order valence-corrected chi connectivity index (χ3v) is 1.08. The minimum absolute atomic E-state index is 0.890. The van der Waals surface area contributed by atoms with Crippen molar-refractivity contribution in [2.75, 3.05) is 0 Å². The molecule has 0 rings (SSSR count). The summed E-state index contributed by atoms with van der Waals surface area (Å²) in [5.74, 6) is 0. The molecule has 0 aromatic carbocycles. The van der Waals surface area contributed by atoms with Crippen molar-refractivity contribution in [1.82, 2.24) is 0 Å². The number of rotatable bonds is 5. The smallest absolute Gasteiger partial charge is 0.0227 e. The molecule has 0 aliphatic rings. The summed E-state index contributed by atoms with van der Waals surface area (Å²) in [6.07, 6.45) is 13.4. The molecular formula is C10H15N. The summed E-state index contributed by atoms with van der Waals surface area (Å²) < 4.78 is 0. The quantitative estimate of drug-likeness (QED) is 0.420. The molecule has 11 heavy (non-hydrogen) atoms. The Labute approximate surface area is 68.9 Å². The summed E-state index contributed by atoms with van der Waals surface area (Å²) in [7, 11) is 0. The second-order valence-electron chi connectivity index (χ2n) is 2.05. The van der Waals surface area contributed by atoms with E-state index >= 15 is 0 Å². The van der Waals surface area contributed by atoms with Crippen LogP contribution in [0.3, 0.4) is 0 Å². The van der Waals surface area contributed by atoms with Crippen LogP contribution in [0.5, 0.6) is 0 Å². The monoisotopic (exact) mass is 149 g/mol. The van der Waals surface area contributed by atoms with Crippen LogP contribution in [-0.4, -0.2) is 6.21 Å². The van der Waals surface area contributed by atoms with Crippen molar-refractivity contribution in [1.29, 1.82) is 0 Å². The number of allylic oxidation sites excluding steroid dienone is 4. The average Bonchev–Trinajstić information content (AvgIpc) is 2.03. The van der Waals surface area contributed by atoms with E-state index in [9.17, 15) is 0 Å². The maximum atomic E-state index is 4.04. The first kappa shape index (κ1) is 9.89. The first-order valence-corrected chi connectivity index (χ1v) is 3.80. The van der Waals surface area contributed by atoms with Crippen LogP contribution in [0.15, 0.2) is 42.1 Å². The molecule has 0 saturated carbocycles. The Bertz CT molecular complexity index is 164. The minimum atomic E-state index is 0.890. The van der Waals surface area contributed by atoms with Gasteiger partial charge in [0, 0.05) is 18.8 Å². The lowest BCUT2D eigenvalue weighted by Gasteiger charge is -1.78. The molecule has 0 saturated heterocycles. The van der Waals surface area contributed by atoms with Crippen molar-refractivity contribution < 1.29 is 0 Å². The van der Waals surface area contributed by atoms with Crippen LogP contribution in [0.25, 0.3) is 0 Å². The first-order chi connectivity index (χ1) is 5.41. The molecule has 0 unspecified atom stereocenters. The molecule has 0 radical (unpaired) electrons. The lowest BCUT2D eigenvalue weighted by atomic mass is 10.4. The molecule has 0 aromatic rings. The van der Waals surface area contributed by atoms with Gasteiger partial charge in [0.1, 0.15) is 0 Å². The van der Waals surface area contributed by atoms with Gasteiger partial charge < -0.3 is 0 Å². The van der Waals surface area contributed by atoms with Gasteiger partial charge in [-0.25, -0.2) is 0 Å². The SMILES string of the molecule is C=CC/C=C\N=C/C/C=C\C. The molecule has 0 bridgehead atoms. The van der Waals surface area contributed by atoms with E-state index in [1.54, 1.807) is 6.20 Å². The summed E-state index contributed by atoms with van der Waals surface area (Å²) in [5.41, 5.74) is 0. The summed E-state index contributed by atoms with van der Waals surface area (Å²) in [6, 6.07) is 0. The Morgan fingerprint density at radius 2 is 2.09 bits per heavy atom. The van der Waals surface area contributed by atoms with Crippen molar-refractivity contribution in [3.8, 4) is 0 Å². The summed E-state index contributed by atoms with van der Waals surface area (Å²) in [4.78, 5) is 4.04. The number of hydrogen-bond acceptors (Lipinski definition) is 1. The van der Waals surface area contributed by atoms with Crippen LogP contribution in [0.2, 0.25) is 0 Å². The Morgan fingerprint density at radius 1 is 1.27 bits per heavy atom. The van der Waals surface area contributed by atoms with Crippen molar-refractivity contribution in [3.63, 3.8) is 0 Å². The highest BCUT2D eigenvalue weighted by Gasteiger charge is 1.67. The highest BCUT2D eigenvalue weighted by atomic mass is 14.7. The van der Waals surface area contributed by atoms with Crippen LogP contribution in [0, 0.1) is 0 Å². The third-order valence-electron chi connectivity index (χ3n) is 1.08. The van der Waals surface area contributed by atoms with Gasteiger partial charge in [0.05, 0.1) is 0 Å². The topological polar surface area (TPSA) is 12.4 Å². The van der Waals surface area contributed by atoms with E-state index in [1.165, 1.54) is 0 Å². The van der Waals surface area contributed by atoms with Crippen LogP contribution in [0.1, 0.15) is 19.8 Å². The fraction of sp³-hybridized carbons (Fsp3) is 0.300. The molecule has 0 aliphatic carbocycles. The van der Waals surface area contributed by atoms with Crippen LogP contribution in [0.4, 0.5) is 0 Å². The lowest BCUT2D eigenvalue weighted by molar-refractivity contribution is 1.36. The number of hydrogen-bond donors (Lipinski definition) is 0. The molecule has 0 amide bonds. The highest BCUT2D eigenvalue weighted by Crippen LogP contribution is 1.84. The number of aliphatic imine (C=N–C) groups is 1. The van der Waals surface area contributed by atoms with Crippen molar-refractivity contribution in [2.24, 2.45) is 4.99 Å². The van der Waals surface area contributed by atoms with Gasteiger partial charge in [0.2, 0.25) is 0 Å². The second kappa shape index (κ2) is 8.89. The zero-order valence-corrected chi connectivity index (χ0v) is 7.03. The van der Waals surface area contributed by atoms with Crippen molar-refractivity contribution in [3.05, 3.63) is 37.1 Å². The molecule has 0 heterocycles. The van der Waals surface area contributed by atoms with Gasteiger partial charge in [-0.1, -0.05) is 24.3 Å². The Balaban J connectivity index is 3.35. The van der Waals surface area contributed by atoms with Crippen LogP contribution >= 0.6 is 0 Å². The minimum Gasteiger partial charge on any atom is -0.269 e. The molecule has 0 atom stereocenters. The molecule has 0 spiro atoms. The largest absolute Gasteiger partial charge is 0.269 e. The Morgan fingerprint density at radius 3 is 2.73 bits per heavy atom. The van der Waals surface area contributed by atoms with E-state index in [0.29, 0.717) is 0 Å². The summed E-state index contributed by atoms with van der Waals surface area (Å²) >= 11 is 0. The van der Waals surface area contributed by atoms with Gasteiger partial charge in [-0.05, 0) is 13.3 Å². The van der Waals surface area contributed by atoms with Crippen molar-refractivity contribution in [2.45, 2.75) is 19.8 Å². The Kier molecular flexibility index (Phi) is 7.99. The summed E-state index contributed by atoms with van der Waals surface area (Å²) in [6.45, 7) is 5.60. The first-order valence-electron chi connectivity index (χ1n) is 3.80. The molecule has 60 valence electrons. The third kappa shape index (κ3) is 8.89. The van der Waals surface area contributed by atoms with Crippen LogP contribution in [-0.2, 0) is 0 Å². The second-order valence-corrected chi connectivity index (χ2v) is 2.05. The van der Waals surface area contributed by atoms with Gasteiger partial charge >= 0.3 is 0 Å². The van der Waals surface area contributed by atoms with E-state index in [1.807, 2.05) is 31.4 Å². The van der Waals surface area contributed by atoms with E-state index in [4.69, 9.17) is 0 Å². The van der Waals surface area contributed by atoms with Gasteiger partial charge in [0.15, 0.2) is 0 Å². The average molecular weight is 149 g/mol. The molecule has 0 N–H and O–H groups in total. The molecule has 1 nitrogen and oxygen atoms in total. The van der Waals surface area contributed by atoms with Gasteiger partial charge in [-0.3, -0.25) is 4.99 Å². The van der Waals surface area contributed by atoms with E-state index in [-0.39, 0.29) is 0 Å². The zero-order valence-electron chi connectivity index (χ0n) is 7.03. The van der Waals surface area contributed by atoms with E-state index < -0.39 is 0 Å². The van der Waals surface area contributed by atoms with E-state index in [0.717, 1.165) is 12.8 Å². The van der Waals surface area contributed by atoms with E-state index in [2.05, 4.69) is 17.6 Å². The zero-order chi connectivity index (χ0) is 8.36. The lowest BCUT2D eigenvalue weighted by Crippen LogP contribution is -1.66. The molecule has 1 heteroatoms. The maximum absolute atomic E-state index is 4.04. The van der Waals surface area contributed by atoms with Crippen molar-refractivity contribution >= 4 is 6.21 Å². The standard InChI is InChI=1S/C10H15N/c1-3-5-7-9-11-10-8-6-4-2/h3-4,6-7,9-10H,1,5,8H2,2H3/b6-4-,9-7-,11-10-. The van der Waals surface area contributed by atoms with Gasteiger partial charge in [0.25, 0.3) is 0 Å². The van der Waals surface area contributed by atoms with Crippen LogP contribution < -0.4 is 0 Å². The van der Waals surface area contributed by atoms with Gasteiger partial charge in [-0.15, -0.1) is 6.58 Å². The maximum Gasteiger partial charge on any atom is 0.0227 e. The number of nitrogens with zero attached hydrogens (tertiary/aromatic N) is 1. The predicted octanol–water partition coefficient (Wildman–Crippen LogP) is 3.11. The molecular weight excluding hydrogens is 134 g/mol. The normalized spacial score (nSPS) is 12.1. The fourth-order valence-electron chi connectivity index (χ4n) is 0.537. The van der Waals surface area contributed by atoms with Gasteiger partial charge in [-0.2, -0.15) is 0 Å². The fourth-order valence-corrected chi connectivity index (χ4v) is 0.537. The highest BCUT2D eigenvalue weighted by molar-refractivity contribution is 5.60. The molecule has 0 aliphatic heterocycles.